The van der Waals surface area contributed by atoms with Crippen LogP contribution in [0.15, 0.2) is 18.2 Å². The zero-order valence-electron chi connectivity index (χ0n) is 9.36. The van der Waals surface area contributed by atoms with Crippen LogP contribution in [0, 0.1) is 0 Å². The average Bonchev–Trinajstić information content (AvgIpc) is 2.67. The summed E-state index contributed by atoms with van der Waals surface area (Å²) < 4.78 is 0. The second kappa shape index (κ2) is 4.62. The summed E-state index contributed by atoms with van der Waals surface area (Å²) in [5, 5.41) is 10.9. The fourth-order valence-corrected chi connectivity index (χ4v) is 2.52. The maximum absolute atomic E-state index is 10.3. The lowest BCUT2D eigenvalue weighted by Crippen LogP contribution is -2.31. The first kappa shape index (κ1) is 11.7. The van der Waals surface area contributed by atoms with E-state index in [2.05, 4.69) is 4.90 Å². The molecule has 1 fully saturated rings. The van der Waals surface area contributed by atoms with Crippen molar-refractivity contribution in [1.82, 2.24) is 4.90 Å². The molecule has 0 aliphatic carbocycles. The van der Waals surface area contributed by atoms with Gasteiger partial charge in [0, 0.05) is 22.3 Å². The Morgan fingerprint density at radius 2 is 2.31 bits per heavy atom. The highest BCUT2D eigenvalue weighted by Crippen LogP contribution is 2.32. The third-order valence-corrected chi connectivity index (χ3v) is 3.54. The Morgan fingerprint density at radius 3 is 2.94 bits per heavy atom. The van der Waals surface area contributed by atoms with E-state index in [0.29, 0.717) is 10.7 Å². The number of aliphatic hydroxyl groups is 1. The number of nitrogen functional groups attached to an aromatic ring is 1. The summed E-state index contributed by atoms with van der Waals surface area (Å²) in [6, 6.07) is 5.40. The van der Waals surface area contributed by atoms with E-state index < -0.39 is 6.10 Å². The minimum atomic E-state index is -0.550. The van der Waals surface area contributed by atoms with Crippen LogP contribution in [0.25, 0.3) is 0 Å². The maximum atomic E-state index is 10.3. The number of rotatable bonds is 2. The van der Waals surface area contributed by atoms with Gasteiger partial charge in [0.05, 0.1) is 6.10 Å². The summed E-state index contributed by atoms with van der Waals surface area (Å²) >= 11 is 5.92. The molecule has 0 radical (unpaired) electrons. The predicted octanol–water partition coefficient (Wildman–Crippen LogP) is 2.05. The number of likely N-dealkylation sites (tertiary alicyclic amines) is 1. The first-order valence-corrected chi connectivity index (χ1v) is 5.90. The zero-order valence-corrected chi connectivity index (χ0v) is 10.1. The molecule has 0 bridgehead atoms. The van der Waals surface area contributed by atoms with Crippen molar-refractivity contribution >= 4 is 17.3 Å². The van der Waals surface area contributed by atoms with Crippen LogP contribution in [0.1, 0.15) is 24.5 Å². The molecule has 16 heavy (non-hydrogen) atoms. The lowest BCUT2D eigenvalue weighted by molar-refractivity contribution is 0.0863. The molecule has 2 atom stereocenters. The number of hydrogen-bond donors (Lipinski definition) is 2. The first-order valence-electron chi connectivity index (χ1n) is 5.53. The van der Waals surface area contributed by atoms with Crippen molar-refractivity contribution < 1.29 is 5.11 Å². The minimum absolute atomic E-state index is 0.153. The van der Waals surface area contributed by atoms with Crippen molar-refractivity contribution in [2.75, 3.05) is 19.3 Å². The minimum Gasteiger partial charge on any atom is -0.398 e. The second-order valence-corrected chi connectivity index (χ2v) is 4.84. The Kier molecular flexibility index (Phi) is 3.38. The van der Waals surface area contributed by atoms with E-state index in [0.717, 1.165) is 24.9 Å². The van der Waals surface area contributed by atoms with Gasteiger partial charge in [0.15, 0.2) is 0 Å². The molecule has 1 heterocycles. The molecule has 1 aromatic carbocycles. The summed E-state index contributed by atoms with van der Waals surface area (Å²) in [6.45, 7) is 1.03. The van der Waals surface area contributed by atoms with Gasteiger partial charge >= 0.3 is 0 Å². The summed E-state index contributed by atoms with van der Waals surface area (Å²) in [6.07, 6.45) is 1.58. The molecule has 0 spiro atoms. The van der Waals surface area contributed by atoms with Crippen LogP contribution >= 0.6 is 11.6 Å². The van der Waals surface area contributed by atoms with Crippen molar-refractivity contribution in [3.8, 4) is 0 Å². The van der Waals surface area contributed by atoms with Gasteiger partial charge in [-0.3, -0.25) is 0 Å². The molecule has 2 unspecified atom stereocenters. The topological polar surface area (TPSA) is 49.5 Å². The van der Waals surface area contributed by atoms with Gasteiger partial charge in [0.2, 0.25) is 0 Å². The van der Waals surface area contributed by atoms with Gasteiger partial charge in [0.1, 0.15) is 0 Å². The van der Waals surface area contributed by atoms with Crippen molar-refractivity contribution in [3.63, 3.8) is 0 Å². The van der Waals surface area contributed by atoms with Gasteiger partial charge in [-0.15, -0.1) is 0 Å². The van der Waals surface area contributed by atoms with Crippen LogP contribution in [-0.2, 0) is 0 Å². The molecule has 0 amide bonds. The zero-order chi connectivity index (χ0) is 11.7. The Morgan fingerprint density at radius 1 is 1.56 bits per heavy atom. The molecule has 88 valence electrons. The molecule has 3 N–H and O–H groups in total. The molecule has 0 saturated carbocycles. The predicted molar refractivity (Wildman–Crippen MR) is 66.5 cm³/mol. The van der Waals surface area contributed by atoms with Crippen LogP contribution in [0.3, 0.4) is 0 Å². The van der Waals surface area contributed by atoms with Crippen LogP contribution < -0.4 is 5.73 Å². The number of aliphatic hydroxyl groups excluding tert-OH is 1. The quantitative estimate of drug-likeness (QED) is 0.778. The molecule has 1 saturated heterocycles. The van der Waals surface area contributed by atoms with E-state index >= 15 is 0 Å². The summed E-state index contributed by atoms with van der Waals surface area (Å²) in [7, 11) is 2.03. The number of nitrogens with two attached hydrogens (primary N) is 1. The van der Waals surface area contributed by atoms with E-state index in [1.54, 1.807) is 18.2 Å². The summed E-state index contributed by atoms with van der Waals surface area (Å²) in [5.41, 5.74) is 7.22. The third kappa shape index (κ3) is 2.17. The van der Waals surface area contributed by atoms with E-state index in [1.165, 1.54) is 0 Å². The summed E-state index contributed by atoms with van der Waals surface area (Å²) in [5.74, 6) is 0. The Labute approximate surface area is 101 Å². The van der Waals surface area contributed by atoms with Crippen LogP contribution in [0.4, 0.5) is 5.69 Å². The second-order valence-electron chi connectivity index (χ2n) is 4.41. The first-order chi connectivity index (χ1) is 7.59. The molecule has 1 aromatic rings. The number of hydrogen-bond acceptors (Lipinski definition) is 3. The maximum Gasteiger partial charge on any atom is 0.0965 e. The van der Waals surface area contributed by atoms with E-state index in [-0.39, 0.29) is 6.04 Å². The highest BCUT2D eigenvalue weighted by molar-refractivity contribution is 6.30. The average molecular weight is 241 g/mol. The molecule has 2 rings (SSSR count). The number of halogens is 1. The van der Waals surface area contributed by atoms with E-state index in [1.807, 2.05) is 7.05 Å². The van der Waals surface area contributed by atoms with Gasteiger partial charge in [-0.05, 0) is 44.6 Å². The van der Waals surface area contributed by atoms with Crippen molar-refractivity contribution in [3.05, 3.63) is 28.8 Å². The highest BCUT2D eigenvalue weighted by atomic mass is 35.5. The number of benzene rings is 1. The Hall–Kier alpha value is -0.770. The van der Waals surface area contributed by atoms with Crippen molar-refractivity contribution in [2.24, 2.45) is 0 Å². The smallest absolute Gasteiger partial charge is 0.0965 e. The lowest BCUT2D eigenvalue weighted by atomic mass is 9.99. The fourth-order valence-electron chi connectivity index (χ4n) is 2.34. The number of likely N-dealkylation sites (N-methyl/N-ethyl adjacent to an activating group) is 1. The summed E-state index contributed by atoms with van der Waals surface area (Å²) in [4.78, 5) is 2.17. The molecule has 3 nitrogen and oxygen atoms in total. The molecular weight excluding hydrogens is 224 g/mol. The molecule has 1 aliphatic rings. The van der Waals surface area contributed by atoms with Gasteiger partial charge in [-0.2, -0.15) is 0 Å². The Bertz CT molecular complexity index is 383. The standard InChI is InChI=1S/C12H17ClN2O/c1-15-6-2-3-11(15)12(16)9-7-8(13)4-5-10(9)14/h4-5,7,11-12,16H,2-3,6,14H2,1H3. The van der Waals surface area contributed by atoms with Gasteiger partial charge < -0.3 is 15.7 Å². The third-order valence-electron chi connectivity index (χ3n) is 3.31. The van der Waals surface area contributed by atoms with E-state index in [4.69, 9.17) is 17.3 Å². The lowest BCUT2D eigenvalue weighted by Gasteiger charge is -2.26. The monoisotopic (exact) mass is 240 g/mol. The van der Waals surface area contributed by atoms with E-state index in [9.17, 15) is 5.11 Å². The van der Waals surface area contributed by atoms with Gasteiger partial charge in [-0.25, -0.2) is 0 Å². The fraction of sp³-hybridized carbons (Fsp3) is 0.500. The normalized spacial score (nSPS) is 23.6. The Balaban J connectivity index is 2.25. The van der Waals surface area contributed by atoms with Gasteiger partial charge in [-0.1, -0.05) is 11.6 Å². The molecule has 4 heteroatoms. The van der Waals surface area contributed by atoms with Crippen molar-refractivity contribution in [1.29, 1.82) is 0 Å². The van der Waals surface area contributed by atoms with Crippen LogP contribution in [0.5, 0.6) is 0 Å². The number of nitrogens with zero attached hydrogens (tertiary/aromatic N) is 1. The molecule has 0 aromatic heterocycles. The SMILES string of the molecule is CN1CCCC1C(O)c1cc(Cl)ccc1N. The number of anilines is 1. The largest absolute Gasteiger partial charge is 0.398 e. The highest BCUT2D eigenvalue weighted by Gasteiger charge is 2.29. The van der Waals surface area contributed by atoms with Crippen LogP contribution in [-0.4, -0.2) is 29.6 Å². The van der Waals surface area contributed by atoms with Crippen molar-refractivity contribution in [2.45, 2.75) is 25.0 Å². The molecular formula is C12H17ClN2O. The van der Waals surface area contributed by atoms with Crippen LogP contribution in [0.2, 0.25) is 5.02 Å². The van der Waals surface area contributed by atoms with Gasteiger partial charge in [0.25, 0.3) is 0 Å². The molecule has 1 aliphatic heterocycles.